The highest BCUT2D eigenvalue weighted by atomic mass is 32.2. The summed E-state index contributed by atoms with van der Waals surface area (Å²) in [4.78, 5) is 12.8. The Morgan fingerprint density at radius 2 is 1.78 bits per heavy atom. The Balaban J connectivity index is 1.78. The van der Waals surface area contributed by atoms with Crippen molar-refractivity contribution in [3.63, 3.8) is 0 Å². The van der Waals surface area contributed by atoms with E-state index in [1.165, 1.54) is 11.8 Å². The molecule has 1 heterocycles. The van der Waals surface area contributed by atoms with E-state index in [4.69, 9.17) is 4.74 Å². The SMILES string of the molecule is CCn1nc(-c2ccc(OC)c(S(=O)(=O)NCc3ccccc3)c2)c2c(c1=O)CCCC2. The third-order valence-corrected chi connectivity index (χ3v) is 7.22. The molecule has 0 amide bonds. The van der Waals surface area contributed by atoms with Crippen LogP contribution in [0.3, 0.4) is 0 Å². The summed E-state index contributed by atoms with van der Waals surface area (Å²) < 4.78 is 35.8. The van der Waals surface area contributed by atoms with Crippen molar-refractivity contribution >= 4 is 10.0 Å². The molecule has 1 aliphatic carbocycles. The minimum Gasteiger partial charge on any atom is -0.495 e. The maximum atomic E-state index is 13.2. The van der Waals surface area contributed by atoms with Crippen LogP contribution < -0.4 is 15.0 Å². The van der Waals surface area contributed by atoms with E-state index in [0.717, 1.165) is 42.4 Å². The molecule has 7 nitrogen and oxygen atoms in total. The van der Waals surface area contributed by atoms with Crippen LogP contribution in [0.4, 0.5) is 0 Å². The molecule has 2 aromatic carbocycles. The largest absolute Gasteiger partial charge is 0.495 e. The number of ether oxygens (including phenoxy) is 1. The molecule has 1 aromatic heterocycles. The number of nitrogens with zero attached hydrogens (tertiary/aromatic N) is 2. The quantitative estimate of drug-likeness (QED) is 0.593. The Hall–Kier alpha value is -2.97. The standard InChI is InChI=1S/C24H27N3O4S/c1-3-27-24(28)20-12-8-7-11-19(20)23(26-27)18-13-14-21(31-2)22(15-18)32(29,30)25-16-17-9-5-4-6-10-17/h4-6,9-10,13-15,25H,3,7-8,11-12,16H2,1-2H3. The Labute approximate surface area is 188 Å². The number of methoxy groups -OCH3 is 1. The highest BCUT2D eigenvalue weighted by molar-refractivity contribution is 7.89. The molecule has 1 N–H and O–H groups in total. The lowest BCUT2D eigenvalue weighted by molar-refractivity contribution is 0.402. The van der Waals surface area contributed by atoms with Crippen molar-refractivity contribution in [1.82, 2.24) is 14.5 Å². The van der Waals surface area contributed by atoms with Gasteiger partial charge in [-0.3, -0.25) is 4.79 Å². The van der Waals surface area contributed by atoms with Crippen LogP contribution in [0.25, 0.3) is 11.3 Å². The number of fused-ring (bicyclic) bond motifs is 1. The van der Waals surface area contributed by atoms with Gasteiger partial charge in [-0.1, -0.05) is 30.3 Å². The van der Waals surface area contributed by atoms with Gasteiger partial charge in [-0.05, 0) is 61.9 Å². The van der Waals surface area contributed by atoms with Crippen molar-refractivity contribution in [2.75, 3.05) is 7.11 Å². The topological polar surface area (TPSA) is 90.3 Å². The Morgan fingerprint density at radius 1 is 1.06 bits per heavy atom. The van der Waals surface area contributed by atoms with Crippen molar-refractivity contribution in [1.29, 1.82) is 0 Å². The minimum atomic E-state index is -3.85. The molecule has 0 unspecified atom stereocenters. The van der Waals surface area contributed by atoms with Crippen molar-refractivity contribution < 1.29 is 13.2 Å². The third kappa shape index (κ3) is 4.33. The number of hydrogen-bond donors (Lipinski definition) is 1. The maximum Gasteiger partial charge on any atom is 0.270 e. The van der Waals surface area contributed by atoms with E-state index >= 15 is 0 Å². The molecule has 1 aliphatic rings. The molecule has 0 atom stereocenters. The van der Waals surface area contributed by atoms with E-state index in [-0.39, 0.29) is 22.7 Å². The zero-order valence-electron chi connectivity index (χ0n) is 18.3. The molecule has 0 aliphatic heterocycles. The molecule has 0 bridgehead atoms. The number of aromatic nitrogens is 2. The molecule has 8 heteroatoms. The van der Waals surface area contributed by atoms with Crippen LogP contribution in [-0.2, 0) is 36.0 Å². The van der Waals surface area contributed by atoms with Gasteiger partial charge in [-0.15, -0.1) is 0 Å². The summed E-state index contributed by atoms with van der Waals surface area (Å²) in [7, 11) is -2.40. The highest BCUT2D eigenvalue weighted by Crippen LogP contribution is 2.33. The highest BCUT2D eigenvalue weighted by Gasteiger charge is 2.24. The van der Waals surface area contributed by atoms with Gasteiger partial charge in [0.1, 0.15) is 10.6 Å². The average molecular weight is 454 g/mol. The van der Waals surface area contributed by atoms with E-state index in [9.17, 15) is 13.2 Å². The van der Waals surface area contributed by atoms with Crippen LogP contribution in [0, 0.1) is 0 Å². The Morgan fingerprint density at radius 3 is 2.47 bits per heavy atom. The summed E-state index contributed by atoms with van der Waals surface area (Å²) in [5, 5.41) is 4.59. The molecule has 3 aromatic rings. The molecule has 0 saturated heterocycles. The van der Waals surface area contributed by atoms with Gasteiger partial charge in [0.15, 0.2) is 0 Å². The van der Waals surface area contributed by atoms with Crippen molar-refractivity contribution in [3.8, 4) is 17.0 Å². The fourth-order valence-corrected chi connectivity index (χ4v) is 5.33. The normalized spacial score (nSPS) is 13.6. The summed E-state index contributed by atoms with van der Waals surface area (Å²) in [6, 6.07) is 14.4. The summed E-state index contributed by atoms with van der Waals surface area (Å²) in [5.41, 5.74) is 3.87. The lowest BCUT2D eigenvalue weighted by atomic mass is 9.90. The van der Waals surface area contributed by atoms with Crippen LogP contribution in [0.1, 0.15) is 36.5 Å². The number of sulfonamides is 1. The third-order valence-electron chi connectivity index (χ3n) is 5.80. The lowest BCUT2D eigenvalue weighted by Gasteiger charge is -2.20. The van der Waals surface area contributed by atoms with Gasteiger partial charge in [0.25, 0.3) is 5.56 Å². The summed E-state index contributed by atoms with van der Waals surface area (Å²) in [6.07, 6.45) is 3.44. The second-order valence-electron chi connectivity index (χ2n) is 7.81. The minimum absolute atomic E-state index is 0.0446. The second kappa shape index (κ2) is 9.26. The van der Waals surface area contributed by atoms with E-state index in [0.29, 0.717) is 17.8 Å². The number of aryl methyl sites for hydroxylation is 1. The summed E-state index contributed by atoms with van der Waals surface area (Å²) >= 11 is 0. The van der Waals surface area contributed by atoms with Gasteiger partial charge in [-0.25, -0.2) is 17.8 Å². The predicted molar refractivity (Wildman–Crippen MR) is 123 cm³/mol. The van der Waals surface area contributed by atoms with Gasteiger partial charge in [0.2, 0.25) is 10.0 Å². The molecular weight excluding hydrogens is 426 g/mol. The summed E-state index contributed by atoms with van der Waals surface area (Å²) in [5.74, 6) is 0.256. The Kier molecular flexibility index (Phi) is 6.43. The first-order valence-electron chi connectivity index (χ1n) is 10.8. The average Bonchev–Trinajstić information content (AvgIpc) is 2.83. The van der Waals surface area contributed by atoms with Crippen LogP contribution in [0.15, 0.2) is 58.2 Å². The Bertz CT molecular complexity index is 1280. The fraction of sp³-hybridized carbons (Fsp3) is 0.333. The van der Waals surface area contributed by atoms with E-state index in [2.05, 4.69) is 9.82 Å². The van der Waals surface area contributed by atoms with E-state index < -0.39 is 10.0 Å². The molecular formula is C24H27N3O4S. The van der Waals surface area contributed by atoms with Gasteiger partial charge in [-0.2, -0.15) is 5.10 Å². The van der Waals surface area contributed by atoms with Crippen molar-refractivity contribution in [3.05, 3.63) is 75.6 Å². The van der Waals surface area contributed by atoms with Gasteiger partial charge in [0, 0.05) is 24.2 Å². The van der Waals surface area contributed by atoms with Gasteiger partial charge in [0.05, 0.1) is 12.8 Å². The van der Waals surface area contributed by atoms with Crippen molar-refractivity contribution in [2.24, 2.45) is 0 Å². The van der Waals surface area contributed by atoms with E-state index in [1.807, 2.05) is 37.3 Å². The first-order chi connectivity index (χ1) is 15.4. The molecule has 0 radical (unpaired) electrons. The lowest BCUT2D eigenvalue weighted by Crippen LogP contribution is -2.30. The molecule has 4 rings (SSSR count). The predicted octanol–water partition coefficient (Wildman–Crippen LogP) is 3.30. The van der Waals surface area contributed by atoms with Gasteiger partial charge >= 0.3 is 0 Å². The summed E-state index contributed by atoms with van der Waals surface area (Å²) in [6.45, 7) is 2.51. The molecule has 0 spiro atoms. The van der Waals surface area contributed by atoms with E-state index in [1.54, 1.807) is 18.2 Å². The smallest absolute Gasteiger partial charge is 0.270 e. The molecule has 168 valence electrons. The first kappa shape index (κ1) is 22.2. The number of hydrogen-bond acceptors (Lipinski definition) is 5. The maximum absolute atomic E-state index is 13.2. The molecule has 32 heavy (non-hydrogen) atoms. The zero-order chi connectivity index (χ0) is 22.7. The number of rotatable bonds is 7. The monoisotopic (exact) mass is 453 g/mol. The van der Waals surface area contributed by atoms with Crippen LogP contribution in [0.2, 0.25) is 0 Å². The zero-order valence-corrected chi connectivity index (χ0v) is 19.1. The number of nitrogens with one attached hydrogen (secondary N) is 1. The molecule has 0 saturated carbocycles. The first-order valence-corrected chi connectivity index (χ1v) is 12.3. The van der Waals surface area contributed by atoms with Crippen molar-refractivity contribution in [2.45, 2.75) is 50.6 Å². The van der Waals surface area contributed by atoms with Crippen LogP contribution in [0.5, 0.6) is 5.75 Å². The van der Waals surface area contributed by atoms with Crippen LogP contribution >= 0.6 is 0 Å². The molecule has 0 fully saturated rings. The van der Waals surface area contributed by atoms with Crippen LogP contribution in [-0.4, -0.2) is 25.3 Å². The van der Waals surface area contributed by atoms with Gasteiger partial charge < -0.3 is 4.74 Å². The fourth-order valence-electron chi connectivity index (χ4n) is 4.12. The number of benzene rings is 2. The second-order valence-corrected chi connectivity index (χ2v) is 9.54.